The van der Waals surface area contributed by atoms with E-state index in [1.807, 2.05) is 12.1 Å². The van der Waals surface area contributed by atoms with E-state index in [9.17, 15) is 0 Å². The van der Waals surface area contributed by atoms with Crippen molar-refractivity contribution in [1.29, 1.82) is 0 Å². The first-order valence-corrected chi connectivity index (χ1v) is 41.6. The molecule has 4 aromatic heterocycles. The Morgan fingerprint density at radius 2 is 0.525 bits per heavy atom. The molecule has 0 N–H and O–H groups in total. The molecule has 122 heavy (non-hydrogen) atoms. The zero-order valence-electron chi connectivity index (χ0n) is 65.9. The minimum Gasteiger partial charge on any atom is -0.456 e. The number of hydrogen-bond donors (Lipinski definition) is 0. The first-order chi connectivity index (χ1) is 60.4. The van der Waals surface area contributed by atoms with Crippen molar-refractivity contribution in [3.05, 3.63) is 425 Å². The molecule has 25 aromatic rings. The summed E-state index contributed by atoms with van der Waals surface area (Å²) >= 11 is 0. The average molecular weight is 1560 g/mol. The second kappa shape index (κ2) is 27.7. The van der Waals surface area contributed by atoms with Crippen molar-refractivity contribution in [1.82, 2.24) is 0 Å². The van der Waals surface area contributed by atoms with Gasteiger partial charge in [-0.15, -0.1) is 0 Å². The van der Waals surface area contributed by atoms with Gasteiger partial charge in [0.1, 0.15) is 44.7 Å². The fraction of sp³-hybridized carbons (Fsp3) is 0. The van der Waals surface area contributed by atoms with E-state index in [4.69, 9.17) is 17.7 Å². The number of hydrogen-bond acceptors (Lipinski definition) is 6. The van der Waals surface area contributed by atoms with Crippen LogP contribution in [0.2, 0.25) is 0 Å². The van der Waals surface area contributed by atoms with Gasteiger partial charge in [0.05, 0.1) is 11.4 Å². The van der Waals surface area contributed by atoms with Crippen LogP contribution in [0.5, 0.6) is 0 Å². The zero-order chi connectivity index (χ0) is 80.0. The first-order valence-electron chi connectivity index (χ1n) is 41.6. The lowest BCUT2D eigenvalue weighted by molar-refractivity contribution is 0.669. The molecular weight excluding hydrogens is 1490 g/mol. The maximum absolute atomic E-state index is 7.09. The highest BCUT2D eigenvalue weighted by Crippen LogP contribution is 2.51. The van der Waals surface area contributed by atoms with Crippen LogP contribution in [-0.4, -0.2) is 0 Å². The summed E-state index contributed by atoms with van der Waals surface area (Å²) in [5.41, 5.74) is 28.3. The van der Waals surface area contributed by atoms with Crippen molar-refractivity contribution in [2.75, 3.05) is 9.80 Å². The van der Waals surface area contributed by atoms with Gasteiger partial charge in [-0.05, 0) is 255 Å². The van der Waals surface area contributed by atoms with Crippen LogP contribution in [0.4, 0.5) is 34.1 Å². The standard InChI is InChI=1S/C116H70N2O4/c1-2-20-76-62-80(41-40-71(76)18-1)77-23-13-24-89(64-77)118(106-36-11-8-27-96(106)101-33-17-38-108-114(101)103-65-78-21-3-4-22-79(78)67-112(103)120-108)88-57-48-75(49-58-88)92-30-15-34-102-99-61-52-84(69-111(99)122-116(92)102)81-42-43-82-66-104-113(70-85(82)63-81)121-109-39-16-32-100(115(104)109)95-26-7-10-35-105(95)117(86-53-44-72(45-54-86)83-51-60-98-97-28-9-12-37-107(97)119-110(98)68-83)87-55-46-74(47-56-87)91-29-14-31-93-90-25-6-5-19-73(90)50-59-94(91)93/h1-70H. The van der Waals surface area contributed by atoms with Crippen LogP contribution in [0.1, 0.15) is 0 Å². The highest BCUT2D eigenvalue weighted by Gasteiger charge is 2.26. The molecule has 0 spiro atoms. The highest BCUT2D eigenvalue weighted by molar-refractivity contribution is 6.20. The summed E-state index contributed by atoms with van der Waals surface area (Å²) in [5, 5.41) is 20.5. The van der Waals surface area contributed by atoms with Gasteiger partial charge in [0.15, 0.2) is 0 Å². The van der Waals surface area contributed by atoms with Crippen molar-refractivity contribution in [2.45, 2.75) is 0 Å². The minimum atomic E-state index is 0.822. The van der Waals surface area contributed by atoms with E-state index in [1.165, 1.54) is 43.3 Å². The highest BCUT2D eigenvalue weighted by atomic mass is 16.3. The monoisotopic (exact) mass is 1550 g/mol. The van der Waals surface area contributed by atoms with E-state index in [1.54, 1.807) is 0 Å². The Labute approximate surface area is 701 Å². The summed E-state index contributed by atoms with van der Waals surface area (Å²) in [7, 11) is 0. The van der Waals surface area contributed by atoms with E-state index in [0.29, 0.717) is 0 Å². The molecule has 25 rings (SSSR count). The van der Waals surface area contributed by atoms with Gasteiger partial charge < -0.3 is 27.5 Å². The molecule has 568 valence electrons. The lowest BCUT2D eigenvalue weighted by Crippen LogP contribution is -2.11. The van der Waals surface area contributed by atoms with Crippen molar-refractivity contribution in [2.24, 2.45) is 0 Å². The molecule has 0 aliphatic rings. The van der Waals surface area contributed by atoms with E-state index >= 15 is 0 Å². The van der Waals surface area contributed by atoms with Gasteiger partial charge in [0.25, 0.3) is 0 Å². The van der Waals surface area contributed by atoms with Crippen LogP contribution < -0.4 is 9.80 Å². The second-order valence-electron chi connectivity index (χ2n) is 32.1. The largest absolute Gasteiger partial charge is 0.456 e. The lowest BCUT2D eigenvalue weighted by atomic mass is 9.94. The molecule has 6 nitrogen and oxygen atoms in total. The summed E-state index contributed by atoms with van der Waals surface area (Å²) in [4.78, 5) is 4.80. The molecule has 0 bridgehead atoms. The summed E-state index contributed by atoms with van der Waals surface area (Å²) in [6.45, 7) is 0. The summed E-state index contributed by atoms with van der Waals surface area (Å²) in [5.74, 6) is 0. The molecular formula is C116H70N2O4. The molecule has 21 aromatic carbocycles. The van der Waals surface area contributed by atoms with Gasteiger partial charge in [-0.3, -0.25) is 0 Å². The zero-order valence-corrected chi connectivity index (χ0v) is 65.9. The SMILES string of the molecule is c1cc(-c2ccc3ccccc3c2)cc(N(c2ccc(-c3cccc4c3oc3cc(-c5ccc6cc7c(cc6c5)oc5cccc(-c6ccccc6N(c6ccc(-c8ccc9c(c8)oc8ccccc89)cc6)c6ccc(-c8cccc9c8ccc8ccccc89)cc6)c57)ccc34)cc2)c2ccccc2-c2cccc3oc4cc5ccccc5cc4c23)c1. The van der Waals surface area contributed by atoms with Crippen molar-refractivity contribution in [3.8, 4) is 77.9 Å². The van der Waals surface area contributed by atoms with Gasteiger partial charge in [0, 0.05) is 82.5 Å². The van der Waals surface area contributed by atoms with Crippen LogP contribution >= 0.6 is 0 Å². The third kappa shape index (κ3) is 11.3. The maximum atomic E-state index is 7.09. The molecule has 0 aliphatic carbocycles. The van der Waals surface area contributed by atoms with Crippen LogP contribution in [-0.2, 0) is 0 Å². The molecule has 0 saturated heterocycles. The number of furan rings is 4. The normalized spacial score (nSPS) is 11.9. The van der Waals surface area contributed by atoms with Gasteiger partial charge in [-0.25, -0.2) is 0 Å². The van der Waals surface area contributed by atoms with Gasteiger partial charge >= 0.3 is 0 Å². The molecule has 4 heterocycles. The molecule has 0 fully saturated rings. The molecule has 6 heteroatoms. The Balaban J connectivity index is 0.554. The van der Waals surface area contributed by atoms with Gasteiger partial charge in [0.2, 0.25) is 0 Å². The smallest absolute Gasteiger partial charge is 0.143 e. The van der Waals surface area contributed by atoms with E-state index < -0.39 is 0 Å². The Bertz CT molecular complexity index is 8600. The van der Waals surface area contributed by atoms with Gasteiger partial charge in [-0.2, -0.15) is 0 Å². The fourth-order valence-corrected chi connectivity index (χ4v) is 19.3. The fourth-order valence-electron chi connectivity index (χ4n) is 19.3. The molecule has 0 saturated carbocycles. The average Bonchev–Trinajstić information content (AvgIpc) is 1.07. The first kappa shape index (κ1) is 68.9. The van der Waals surface area contributed by atoms with E-state index in [0.717, 1.165) is 210 Å². The Morgan fingerprint density at radius 3 is 1.20 bits per heavy atom. The molecule has 0 aliphatic heterocycles. The molecule has 0 atom stereocenters. The second-order valence-corrected chi connectivity index (χ2v) is 32.1. The van der Waals surface area contributed by atoms with Crippen molar-refractivity contribution in [3.63, 3.8) is 0 Å². The van der Waals surface area contributed by atoms with Crippen molar-refractivity contribution < 1.29 is 17.7 Å². The van der Waals surface area contributed by atoms with Crippen LogP contribution in [0.25, 0.3) is 220 Å². The van der Waals surface area contributed by atoms with Gasteiger partial charge in [-0.1, -0.05) is 285 Å². The number of fused-ring (bicyclic) bond motifs is 18. The Kier molecular flexibility index (Phi) is 15.6. The summed E-state index contributed by atoms with van der Waals surface area (Å²) in [6.07, 6.45) is 0. The number of anilines is 6. The summed E-state index contributed by atoms with van der Waals surface area (Å²) < 4.78 is 27.2. The predicted molar refractivity (Wildman–Crippen MR) is 511 cm³/mol. The van der Waals surface area contributed by atoms with Crippen LogP contribution in [0.3, 0.4) is 0 Å². The Hall–Kier alpha value is -16.3. The molecule has 0 radical (unpaired) electrons. The number of rotatable bonds is 13. The lowest BCUT2D eigenvalue weighted by Gasteiger charge is -2.28. The number of nitrogens with zero attached hydrogens (tertiary/aromatic N) is 2. The minimum absolute atomic E-state index is 0.822. The van der Waals surface area contributed by atoms with Crippen LogP contribution in [0.15, 0.2) is 442 Å². The third-order valence-electron chi connectivity index (χ3n) is 25.2. The molecule has 0 amide bonds. The van der Waals surface area contributed by atoms with Crippen molar-refractivity contribution >= 4 is 176 Å². The predicted octanol–water partition coefficient (Wildman–Crippen LogP) is 33.7. The number of benzene rings is 21. The third-order valence-corrected chi connectivity index (χ3v) is 25.2. The van der Waals surface area contributed by atoms with Crippen LogP contribution in [0, 0.1) is 0 Å². The topological polar surface area (TPSA) is 59.0 Å². The van der Waals surface area contributed by atoms with E-state index in [2.05, 4.69) is 422 Å². The Morgan fingerprint density at radius 1 is 0.148 bits per heavy atom. The quantitative estimate of drug-likeness (QED) is 0.107. The van der Waals surface area contributed by atoms with E-state index in [-0.39, 0.29) is 0 Å². The number of para-hydroxylation sites is 4. The summed E-state index contributed by atoms with van der Waals surface area (Å²) in [6, 6.07) is 154. The molecule has 0 unspecified atom stereocenters. The maximum Gasteiger partial charge on any atom is 0.143 e.